The van der Waals surface area contributed by atoms with E-state index in [1.807, 2.05) is 0 Å². The molecule has 0 spiro atoms. The molecule has 0 aromatic rings. The summed E-state index contributed by atoms with van der Waals surface area (Å²) in [7, 11) is 4.25. The minimum absolute atomic E-state index is 0.188. The lowest BCUT2D eigenvalue weighted by Gasteiger charge is -2.21. The Kier molecular flexibility index (Phi) is 37.0. The highest BCUT2D eigenvalue weighted by Crippen LogP contribution is 2.11. The van der Waals surface area contributed by atoms with Crippen LogP contribution in [0.4, 0.5) is 0 Å². The minimum Gasteiger partial charge on any atom is -0.379 e. The van der Waals surface area contributed by atoms with E-state index in [1.54, 1.807) is 0 Å². The summed E-state index contributed by atoms with van der Waals surface area (Å²) in [6.45, 7) is 7.92. The Bertz CT molecular complexity index is 651. The Morgan fingerprint density at radius 1 is 0.455 bits per heavy atom. The molecule has 0 aliphatic heterocycles. The van der Waals surface area contributed by atoms with E-state index in [-0.39, 0.29) is 6.10 Å². The van der Waals surface area contributed by atoms with Gasteiger partial charge >= 0.3 is 0 Å². The molecule has 0 aromatic heterocycles. The van der Waals surface area contributed by atoms with Crippen LogP contribution < -0.4 is 0 Å². The maximum Gasteiger partial charge on any atom is 0.0934 e. The van der Waals surface area contributed by atoms with Crippen LogP contribution in [0, 0.1) is 0 Å². The molecule has 0 amide bonds. The SMILES string of the molecule is CCCCC/C=C/C/C=C/CCCCCCCCOCC(CN(C)C)OCCCCCCCC/C=C/C/C=C/CCCCC. The van der Waals surface area contributed by atoms with Gasteiger partial charge in [0.15, 0.2) is 0 Å². The number of allylic oxidation sites excluding steroid dienone is 8. The van der Waals surface area contributed by atoms with Gasteiger partial charge in [0.05, 0.1) is 12.7 Å². The zero-order chi connectivity index (χ0) is 32.0. The van der Waals surface area contributed by atoms with Gasteiger partial charge in [-0.05, 0) is 91.1 Å². The first-order chi connectivity index (χ1) is 21.7. The van der Waals surface area contributed by atoms with Crippen molar-refractivity contribution in [2.75, 3.05) is 40.5 Å². The first-order valence-corrected chi connectivity index (χ1v) is 19.1. The van der Waals surface area contributed by atoms with E-state index in [4.69, 9.17) is 9.47 Å². The lowest BCUT2D eigenvalue weighted by atomic mass is 10.1. The zero-order valence-corrected chi connectivity index (χ0v) is 30.3. The van der Waals surface area contributed by atoms with Crippen molar-refractivity contribution in [3.05, 3.63) is 48.6 Å². The first kappa shape index (κ1) is 42.8. The van der Waals surface area contributed by atoms with E-state index in [2.05, 4.69) is 81.5 Å². The Labute approximate surface area is 277 Å². The molecule has 0 saturated carbocycles. The predicted molar refractivity (Wildman–Crippen MR) is 198 cm³/mol. The fourth-order valence-electron chi connectivity index (χ4n) is 5.31. The first-order valence-electron chi connectivity index (χ1n) is 19.1. The number of ether oxygens (including phenoxy) is 2. The van der Waals surface area contributed by atoms with Crippen molar-refractivity contribution in [3.63, 3.8) is 0 Å². The van der Waals surface area contributed by atoms with Crippen LogP contribution in [-0.2, 0) is 9.47 Å². The maximum absolute atomic E-state index is 6.21. The molecule has 0 bridgehead atoms. The molecular formula is C41H77NO2. The van der Waals surface area contributed by atoms with Crippen molar-refractivity contribution >= 4 is 0 Å². The number of unbranched alkanes of at least 4 members (excludes halogenated alkanes) is 18. The van der Waals surface area contributed by atoms with Crippen molar-refractivity contribution < 1.29 is 9.47 Å². The van der Waals surface area contributed by atoms with E-state index in [0.29, 0.717) is 0 Å². The van der Waals surface area contributed by atoms with Crippen LogP contribution in [0.15, 0.2) is 48.6 Å². The number of hydrogen-bond donors (Lipinski definition) is 0. The van der Waals surface area contributed by atoms with Crippen LogP contribution in [-0.4, -0.2) is 51.5 Å². The fraction of sp³-hybridized carbons (Fsp3) is 0.805. The monoisotopic (exact) mass is 616 g/mol. The quantitative estimate of drug-likeness (QED) is 0.0523. The molecule has 3 heteroatoms. The molecule has 0 heterocycles. The Hall–Kier alpha value is -1.16. The predicted octanol–water partition coefficient (Wildman–Crippen LogP) is 12.6. The van der Waals surface area contributed by atoms with E-state index in [1.165, 1.54) is 141 Å². The summed E-state index contributed by atoms with van der Waals surface area (Å²) in [5, 5.41) is 0. The summed E-state index contributed by atoms with van der Waals surface area (Å²) in [5.41, 5.74) is 0. The van der Waals surface area contributed by atoms with Gasteiger partial charge < -0.3 is 14.4 Å². The molecule has 3 nitrogen and oxygen atoms in total. The third kappa shape index (κ3) is 37.0. The molecule has 0 saturated heterocycles. The smallest absolute Gasteiger partial charge is 0.0934 e. The summed E-state index contributed by atoms with van der Waals surface area (Å²) >= 11 is 0. The van der Waals surface area contributed by atoms with E-state index >= 15 is 0 Å². The van der Waals surface area contributed by atoms with Crippen LogP contribution in [0.5, 0.6) is 0 Å². The van der Waals surface area contributed by atoms with Crippen molar-refractivity contribution in [2.24, 2.45) is 0 Å². The Balaban J connectivity index is 3.58. The summed E-state index contributed by atoms with van der Waals surface area (Å²) in [5.74, 6) is 0. The van der Waals surface area contributed by atoms with Crippen LogP contribution in [0.3, 0.4) is 0 Å². The summed E-state index contributed by atoms with van der Waals surface area (Å²) in [4.78, 5) is 2.22. The normalized spacial score (nSPS) is 13.2. The van der Waals surface area contributed by atoms with Gasteiger partial charge in [-0.2, -0.15) is 0 Å². The lowest BCUT2D eigenvalue weighted by molar-refractivity contribution is -0.0287. The van der Waals surface area contributed by atoms with Gasteiger partial charge in [-0.3, -0.25) is 0 Å². The highest BCUT2D eigenvalue weighted by molar-refractivity contribution is 4.93. The van der Waals surface area contributed by atoms with Crippen molar-refractivity contribution in [2.45, 2.75) is 174 Å². The van der Waals surface area contributed by atoms with Gasteiger partial charge in [0, 0.05) is 19.8 Å². The zero-order valence-electron chi connectivity index (χ0n) is 30.3. The molecule has 0 aromatic carbocycles. The second kappa shape index (κ2) is 38.0. The fourth-order valence-corrected chi connectivity index (χ4v) is 5.31. The van der Waals surface area contributed by atoms with Gasteiger partial charge in [-0.1, -0.05) is 140 Å². The topological polar surface area (TPSA) is 21.7 Å². The van der Waals surface area contributed by atoms with Gasteiger partial charge in [-0.15, -0.1) is 0 Å². The third-order valence-corrected chi connectivity index (χ3v) is 8.06. The van der Waals surface area contributed by atoms with Gasteiger partial charge in [0.2, 0.25) is 0 Å². The molecular weight excluding hydrogens is 538 g/mol. The van der Waals surface area contributed by atoms with Crippen LogP contribution >= 0.6 is 0 Å². The number of rotatable bonds is 35. The molecule has 0 rings (SSSR count). The van der Waals surface area contributed by atoms with Crippen LogP contribution in [0.25, 0.3) is 0 Å². The Morgan fingerprint density at radius 2 is 0.841 bits per heavy atom. The van der Waals surface area contributed by atoms with Gasteiger partial charge in [0.25, 0.3) is 0 Å². The van der Waals surface area contributed by atoms with E-state index < -0.39 is 0 Å². The van der Waals surface area contributed by atoms with Crippen molar-refractivity contribution in [1.82, 2.24) is 4.90 Å². The molecule has 0 aliphatic carbocycles. The summed E-state index contributed by atoms with van der Waals surface area (Å²) < 4.78 is 12.2. The van der Waals surface area contributed by atoms with Crippen LogP contribution in [0.1, 0.15) is 168 Å². The minimum atomic E-state index is 0.188. The number of nitrogens with zero attached hydrogens (tertiary/aromatic N) is 1. The average Bonchev–Trinajstić information content (AvgIpc) is 3.01. The van der Waals surface area contributed by atoms with Gasteiger partial charge in [-0.25, -0.2) is 0 Å². The lowest BCUT2D eigenvalue weighted by Crippen LogP contribution is -2.32. The highest BCUT2D eigenvalue weighted by Gasteiger charge is 2.10. The third-order valence-electron chi connectivity index (χ3n) is 8.06. The summed E-state index contributed by atoms with van der Waals surface area (Å²) in [6.07, 6.45) is 49.7. The molecule has 0 fully saturated rings. The van der Waals surface area contributed by atoms with E-state index in [0.717, 1.165) is 39.2 Å². The highest BCUT2D eigenvalue weighted by atomic mass is 16.5. The van der Waals surface area contributed by atoms with Crippen LogP contribution in [0.2, 0.25) is 0 Å². The molecule has 258 valence electrons. The number of likely N-dealkylation sites (N-methyl/N-ethyl adjacent to an activating group) is 1. The molecule has 44 heavy (non-hydrogen) atoms. The largest absolute Gasteiger partial charge is 0.379 e. The molecule has 0 radical (unpaired) electrons. The molecule has 1 unspecified atom stereocenters. The Morgan fingerprint density at radius 3 is 1.27 bits per heavy atom. The second-order valence-corrected chi connectivity index (χ2v) is 13.0. The maximum atomic E-state index is 6.21. The standard InChI is InChI=1S/C41H77NO2/c1-5-7-9-11-13-15-17-19-21-23-25-27-29-31-33-35-37-43-40-41(39-42(3)4)44-38-36-34-32-30-28-26-24-22-20-18-16-14-12-10-8-6-2/h13-16,19-22,41H,5-12,17-18,23-40H2,1-4H3/b15-13+,16-14+,21-19+,22-20+. The second-order valence-electron chi connectivity index (χ2n) is 13.0. The summed E-state index contributed by atoms with van der Waals surface area (Å²) in [6, 6.07) is 0. The van der Waals surface area contributed by atoms with Gasteiger partial charge in [0.1, 0.15) is 0 Å². The van der Waals surface area contributed by atoms with Crippen molar-refractivity contribution in [3.8, 4) is 0 Å². The molecule has 0 N–H and O–H groups in total. The number of hydrogen-bond acceptors (Lipinski definition) is 3. The average molecular weight is 616 g/mol. The molecule has 0 aliphatic rings. The van der Waals surface area contributed by atoms with Crippen molar-refractivity contribution in [1.29, 1.82) is 0 Å². The van der Waals surface area contributed by atoms with E-state index in [9.17, 15) is 0 Å². The molecule has 1 atom stereocenters.